The smallest absolute Gasteiger partial charge is 0.364 e. The average Bonchev–Trinajstić information content (AvgIpc) is 1.70. The molecule has 3 amide bonds. The lowest BCUT2D eigenvalue weighted by molar-refractivity contribution is -0.309. The summed E-state index contributed by atoms with van der Waals surface area (Å²) >= 11 is 0. The Labute approximate surface area is 512 Å². The van der Waals surface area contributed by atoms with Gasteiger partial charge >= 0.3 is 17.9 Å². The van der Waals surface area contributed by atoms with Crippen LogP contribution in [0.2, 0.25) is 0 Å². The summed E-state index contributed by atoms with van der Waals surface area (Å²) in [4.78, 5) is 77.9. The van der Waals surface area contributed by atoms with Crippen molar-refractivity contribution in [3.63, 3.8) is 0 Å². The van der Waals surface area contributed by atoms with Gasteiger partial charge in [0.1, 0.15) is 24.4 Å². The van der Waals surface area contributed by atoms with Crippen molar-refractivity contribution in [2.75, 3.05) is 19.8 Å². The number of aryl methyl sites for hydroxylation is 3. The molecule has 4 aliphatic rings. The Balaban J connectivity index is 1.00. The van der Waals surface area contributed by atoms with Crippen molar-refractivity contribution in [2.45, 2.75) is 242 Å². The molecule has 18 atom stereocenters. The standard InChI is InChI=1S/C55H87N13O21/c1-9-29(3)44(75)47-41(56-32(6)69)38(72)20-53(87-47,50(78)79)84-17-11-14-65-26-35(58-61-65)23-64(25-37-28-67(63-60-37)16-13-19-86-55(52(82)83)22-40(74)43-49(89-55)46(77)31(5)68(43)34(8)71)24-36-27-66(62-59-36)15-12-18-85-54(51(80)81)21-39(73)42(57-33(7)70)48(88-54)45(76)30(4)10-2/h26-31,38-49,72-77H,9-25H2,1-8H3,(H,56,69)(H,57,70)(H,78,79)(H,80,81)(H,82,83)/t29?,30?,31?,38?,39?,40?,41-,42-,43+,44?,45?,46?,47?,48?,49?,53-,54-,55+/m1/s1. The van der Waals surface area contributed by atoms with Crippen LogP contribution in [0.3, 0.4) is 0 Å². The van der Waals surface area contributed by atoms with E-state index in [0.717, 1.165) is 0 Å². The number of hydrogen-bond acceptors (Lipinski definition) is 25. The molecule has 7 rings (SSSR count). The van der Waals surface area contributed by atoms with Gasteiger partial charge in [-0.25, -0.2) is 14.4 Å². The number of aliphatic carboxylic acids is 3. The van der Waals surface area contributed by atoms with E-state index in [4.69, 9.17) is 28.4 Å². The number of carboxylic acids is 3. The van der Waals surface area contributed by atoms with Crippen molar-refractivity contribution in [3.8, 4) is 0 Å². The molecule has 89 heavy (non-hydrogen) atoms. The van der Waals surface area contributed by atoms with Crippen molar-refractivity contribution in [1.29, 1.82) is 0 Å². The molecule has 4 fully saturated rings. The molecule has 0 spiro atoms. The van der Waals surface area contributed by atoms with Gasteiger partial charge in [0, 0.05) is 97.9 Å². The number of aromatic nitrogens is 9. The second kappa shape index (κ2) is 30.2. The first-order valence-corrected chi connectivity index (χ1v) is 30.0. The van der Waals surface area contributed by atoms with Crippen LogP contribution < -0.4 is 10.6 Å². The summed E-state index contributed by atoms with van der Waals surface area (Å²) in [5, 5.41) is 129. The summed E-state index contributed by atoms with van der Waals surface area (Å²) in [7, 11) is 0. The fraction of sp³-hybridized carbons (Fsp3) is 0.782. The summed E-state index contributed by atoms with van der Waals surface area (Å²) < 4.78 is 39.9. The minimum absolute atomic E-state index is 0.155. The third kappa shape index (κ3) is 16.6. The zero-order valence-corrected chi connectivity index (χ0v) is 51.3. The normalized spacial score (nSPS) is 31.0. The Bertz CT molecular complexity index is 2760. The van der Waals surface area contributed by atoms with E-state index in [1.165, 1.54) is 39.7 Å². The Morgan fingerprint density at radius 3 is 1.28 bits per heavy atom. The van der Waals surface area contributed by atoms with Gasteiger partial charge in [-0.05, 0) is 38.0 Å². The zero-order chi connectivity index (χ0) is 65.3. The third-order valence-corrected chi connectivity index (χ3v) is 17.0. The quantitative estimate of drug-likeness (QED) is 0.0287. The maximum absolute atomic E-state index is 12.8. The number of fused-ring (bicyclic) bond motifs is 1. The minimum Gasteiger partial charge on any atom is -0.477 e. The number of hydrogen-bond donors (Lipinski definition) is 11. The number of carbonyl (C=O) groups is 6. The molecular formula is C55H87N13O21. The van der Waals surface area contributed by atoms with Crippen molar-refractivity contribution in [3.05, 3.63) is 35.7 Å². The predicted octanol–water partition coefficient (Wildman–Crippen LogP) is -2.52. The highest BCUT2D eigenvalue weighted by Crippen LogP contribution is 2.42. The van der Waals surface area contributed by atoms with Gasteiger partial charge in [0.25, 0.3) is 17.4 Å². The molecule has 0 aliphatic carbocycles. The van der Waals surface area contributed by atoms with E-state index in [1.807, 2.05) is 18.7 Å². The molecule has 7 heterocycles. The van der Waals surface area contributed by atoms with E-state index in [1.54, 1.807) is 39.4 Å². The molecule has 12 unspecified atom stereocenters. The summed E-state index contributed by atoms with van der Waals surface area (Å²) in [5.74, 6) is -13.8. The van der Waals surface area contributed by atoms with Crippen LogP contribution in [-0.4, -0.2) is 253 Å². The van der Waals surface area contributed by atoms with Crippen LogP contribution in [0.4, 0.5) is 0 Å². The number of carbonyl (C=O) groups excluding carboxylic acids is 3. The largest absolute Gasteiger partial charge is 0.477 e. The summed E-state index contributed by atoms with van der Waals surface area (Å²) in [5.41, 5.74) is 1.46. The number of likely N-dealkylation sites (tertiary alicyclic amines) is 1. The molecule has 4 saturated heterocycles. The molecule has 11 N–H and O–H groups in total. The number of nitrogens with one attached hydrogen (secondary N) is 2. The van der Waals surface area contributed by atoms with Crippen LogP contribution in [0.1, 0.15) is 124 Å². The molecule has 4 aliphatic heterocycles. The average molecular weight is 1270 g/mol. The molecular weight excluding hydrogens is 1180 g/mol. The zero-order valence-electron chi connectivity index (χ0n) is 51.3. The van der Waals surface area contributed by atoms with E-state index in [2.05, 4.69) is 41.6 Å². The number of rotatable bonds is 32. The van der Waals surface area contributed by atoms with Crippen LogP contribution >= 0.6 is 0 Å². The van der Waals surface area contributed by atoms with E-state index in [0.29, 0.717) is 29.9 Å². The highest BCUT2D eigenvalue weighted by molar-refractivity contribution is 5.78. The number of amides is 3. The van der Waals surface area contributed by atoms with Crippen LogP contribution in [-0.2, 0) is 96.5 Å². The van der Waals surface area contributed by atoms with Gasteiger partial charge in [-0.3, -0.25) is 33.3 Å². The van der Waals surface area contributed by atoms with Crippen LogP contribution in [0.25, 0.3) is 0 Å². The fourth-order valence-corrected chi connectivity index (χ4v) is 11.9. The molecule has 34 heteroatoms. The van der Waals surface area contributed by atoms with Gasteiger partial charge < -0.3 is 89.9 Å². The van der Waals surface area contributed by atoms with E-state index < -0.39 is 151 Å². The number of nitrogens with zero attached hydrogens (tertiary/aromatic N) is 11. The summed E-state index contributed by atoms with van der Waals surface area (Å²) in [6.45, 7) is 12.9. The second-order valence-electron chi connectivity index (χ2n) is 23.8. The first-order valence-electron chi connectivity index (χ1n) is 30.0. The van der Waals surface area contributed by atoms with Crippen LogP contribution in [0, 0.1) is 11.8 Å². The van der Waals surface area contributed by atoms with Crippen molar-refractivity contribution in [1.82, 2.24) is 65.4 Å². The first-order chi connectivity index (χ1) is 42.1. The van der Waals surface area contributed by atoms with E-state index in [-0.39, 0.29) is 90.2 Å². The molecule has 0 aromatic carbocycles. The predicted molar refractivity (Wildman–Crippen MR) is 300 cm³/mol. The number of carboxylic acid groups (broad SMARTS) is 3. The molecule has 34 nitrogen and oxygen atoms in total. The van der Waals surface area contributed by atoms with Crippen molar-refractivity contribution in [2.24, 2.45) is 11.8 Å². The highest BCUT2D eigenvalue weighted by atomic mass is 16.7. The van der Waals surface area contributed by atoms with Crippen LogP contribution in [0.15, 0.2) is 18.6 Å². The molecule has 0 saturated carbocycles. The Morgan fingerprint density at radius 2 is 0.955 bits per heavy atom. The van der Waals surface area contributed by atoms with Gasteiger partial charge in [0.05, 0.1) is 91.6 Å². The molecule has 0 bridgehead atoms. The minimum atomic E-state index is -2.35. The highest BCUT2D eigenvalue weighted by Gasteiger charge is 2.62. The van der Waals surface area contributed by atoms with Gasteiger partial charge in [-0.2, -0.15) is 0 Å². The Kier molecular flexibility index (Phi) is 23.8. The summed E-state index contributed by atoms with van der Waals surface area (Å²) in [6.07, 6.45) is -6.92. The second-order valence-corrected chi connectivity index (χ2v) is 23.8. The van der Waals surface area contributed by atoms with Crippen molar-refractivity contribution >= 4 is 35.6 Å². The number of ether oxygens (including phenoxy) is 6. The van der Waals surface area contributed by atoms with E-state index in [9.17, 15) is 74.7 Å². The summed E-state index contributed by atoms with van der Waals surface area (Å²) in [6, 6.07) is -3.93. The van der Waals surface area contributed by atoms with Gasteiger partial charge in [0.2, 0.25) is 17.7 Å². The Morgan fingerprint density at radius 1 is 0.607 bits per heavy atom. The molecule has 3 aromatic rings. The van der Waals surface area contributed by atoms with E-state index >= 15 is 0 Å². The van der Waals surface area contributed by atoms with Crippen molar-refractivity contribution < 1.29 is 103 Å². The molecule has 3 aromatic heterocycles. The monoisotopic (exact) mass is 1270 g/mol. The maximum Gasteiger partial charge on any atom is 0.364 e. The van der Waals surface area contributed by atoms with Gasteiger partial charge in [-0.1, -0.05) is 56.2 Å². The number of aliphatic hydroxyl groups is 6. The Hall–Kier alpha value is -6.28. The lowest BCUT2D eigenvalue weighted by atomic mass is 9.85. The van der Waals surface area contributed by atoms with Crippen LogP contribution in [0.5, 0.6) is 0 Å². The van der Waals surface area contributed by atoms with Gasteiger partial charge in [-0.15, -0.1) is 15.3 Å². The SMILES string of the molecule is CCC(C)C(O)C1O[C@@](OCCCn2cc(CN(Cc3cn(CCCO[C@@]4(C(=O)O)CC(O)[C@H]5C(O4)C(O)C(C)N5C(C)=O)nn3)Cc3cn(CCCO[C@]4(C(=O)O)CC(O)[C@@H](NC(C)=O)C(C(O)C(C)CC)O4)nn3)nn2)(C(=O)O)CC(O)[C@H]1NC(C)=O. The van der Waals surface area contributed by atoms with Gasteiger partial charge in [0.15, 0.2) is 0 Å². The first kappa shape index (κ1) is 70.2. The molecule has 498 valence electrons. The lowest BCUT2D eigenvalue weighted by Gasteiger charge is -2.46. The molecule has 0 radical (unpaired) electrons. The third-order valence-electron chi connectivity index (χ3n) is 17.0. The topological polar surface area (TPSA) is 463 Å². The maximum atomic E-state index is 12.8. The number of aliphatic hydroxyl groups excluding tert-OH is 6. The lowest BCUT2D eigenvalue weighted by Crippen LogP contribution is -2.67. The fourth-order valence-electron chi connectivity index (χ4n) is 11.9.